The molecule has 61 heavy (non-hydrogen) atoms. The van der Waals surface area contributed by atoms with E-state index in [1.54, 1.807) is 0 Å². The maximum atomic E-state index is 2.57. The second-order valence-electron chi connectivity index (χ2n) is 15.7. The van der Waals surface area contributed by atoms with Crippen molar-refractivity contribution >= 4 is 81.1 Å². The maximum absolute atomic E-state index is 2.57. The number of aromatic nitrogens is 1. The van der Waals surface area contributed by atoms with Gasteiger partial charge in [-0.3, -0.25) is 0 Å². The number of hydrogen-bond donors (Lipinski definition) is 0. The van der Waals surface area contributed by atoms with E-state index >= 15 is 0 Å². The molecule has 0 atom stereocenters. The predicted molar refractivity (Wildman–Crippen MR) is 262 cm³/mol. The molecule has 0 saturated heterocycles. The average molecular weight is 795 g/mol. The van der Waals surface area contributed by atoms with Crippen molar-refractivity contribution in [1.82, 2.24) is 4.57 Å². The minimum Gasteiger partial charge on any atom is -0.310 e. The fourth-order valence-corrected chi connectivity index (χ4v) is 10.6. The van der Waals surface area contributed by atoms with E-state index in [2.05, 4.69) is 240 Å². The molecule has 10 aromatic carbocycles. The number of fused-ring (bicyclic) bond motifs is 8. The highest BCUT2D eigenvalue weighted by Crippen LogP contribution is 2.47. The van der Waals surface area contributed by atoms with Crippen LogP contribution in [-0.4, -0.2) is 4.57 Å². The van der Waals surface area contributed by atoms with Gasteiger partial charge in [0, 0.05) is 48.7 Å². The van der Waals surface area contributed by atoms with Crippen molar-refractivity contribution < 1.29 is 0 Å². The van der Waals surface area contributed by atoms with Gasteiger partial charge in [0.25, 0.3) is 0 Å². The largest absolute Gasteiger partial charge is 0.310 e. The molecular formula is C58H38N2S. The van der Waals surface area contributed by atoms with Crippen molar-refractivity contribution in [1.29, 1.82) is 0 Å². The molecule has 0 amide bonds. The molecule has 2 heterocycles. The molecule has 0 aliphatic carbocycles. The minimum absolute atomic E-state index is 1.09. The minimum atomic E-state index is 1.09. The van der Waals surface area contributed by atoms with E-state index < -0.39 is 0 Å². The first kappa shape index (κ1) is 35.2. The van der Waals surface area contributed by atoms with Crippen LogP contribution in [0.3, 0.4) is 0 Å². The topological polar surface area (TPSA) is 8.17 Å². The maximum Gasteiger partial charge on any atom is 0.0641 e. The normalized spacial score (nSPS) is 11.6. The number of thiophene rings is 1. The summed E-state index contributed by atoms with van der Waals surface area (Å²) in [7, 11) is 0. The lowest BCUT2D eigenvalue weighted by Gasteiger charge is -2.26. The molecule has 12 rings (SSSR count). The molecule has 2 nitrogen and oxygen atoms in total. The van der Waals surface area contributed by atoms with E-state index in [1.807, 2.05) is 11.3 Å². The Morgan fingerprint density at radius 3 is 1.70 bits per heavy atom. The van der Waals surface area contributed by atoms with Crippen LogP contribution in [0.25, 0.3) is 91.8 Å². The summed E-state index contributed by atoms with van der Waals surface area (Å²) in [5, 5.41) is 7.51. The molecule has 0 bridgehead atoms. The molecule has 12 aromatic rings. The van der Waals surface area contributed by atoms with Crippen LogP contribution in [0.1, 0.15) is 0 Å². The third kappa shape index (κ3) is 5.93. The number of nitrogens with zero attached hydrogens (tertiary/aromatic N) is 2. The Hall–Kier alpha value is -7.72. The Kier molecular flexibility index (Phi) is 8.39. The van der Waals surface area contributed by atoms with Crippen LogP contribution < -0.4 is 4.90 Å². The van der Waals surface area contributed by atoms with E-state index in [4.69, 9.17) is 0 Å². The van der Waals surface area contributed by atoms with Crippen molar-refractivity contribution in [3.63, 3.8) is 0 Å². The van der Waals surface area contributed by atoms with E-state index in [0.29, 0.717) is 0 Å². The SMILES string of the molecule is c1ccc(-c2ccc(N(c3cccc(-c4ccccc4)c3)c3ccc4c5c(-c6ccccc6)cc6ccccc6c5n(-c5cccc6c5sc5ccccc56)c4c3)cc2)cc1. The van der Waals surface area contributed by atoms with E-state index in [9.17, 15) is 0 Å². The van der Waals surface area contributed by atoms with Gasteiger partial charge in [0.15, 0.2) is 0 Å². The third-order valence-corrected chi connectivity index (χ3v) is 13.4. The molecule has 0 aliphatic rings. The first-order valence-corrected chi connectivity index (χ1v) is 21.7. The zero-order valence-electron chi connectivity index (χ0n) is 33.2. The quantitative estimate of drug-likeness (QED) is 0.156. The lowest BCUT2D eigenvalue weighted by Crippen LogP contribution is -2.10. The van der Waals surface area contributed by atoms with Gasteiger partial charge >= 0.3 is 0 Å². The van der Waals surface area contributed by atoms with Crippen molar-refractivity contribution in [2.24, 2.45) is 0 Å². The number of rotatable bonds is 7. The van der Waals surface area contributed by atoms with Gasteiger partial charge in [-0.05, 0) is 93.4 Å². The predicted octanol–water partition coefficient (Wildman–Crippen LogP) is 16.8. The van der Waals surface area contributed by atoms with Crippen LogP contribution in [0.4, 0.5) is 17.1 Å². The van der Waals surface area contributed by atoms with Crippen LogP contribution in [-0.2, 0) is 0 Å². The fraction of sp³-hybridized carbons (Fsp3) is 0. The lowest BCUT2D eigenvalue weighted by molar-refractivity contribution is 1.20. The summed E-state index contributed by atoms with van der Waals surface area (Å²) in [4.78, 5) is 2.42. The highest BCUT2D eigenvalue weighted by molar-refractivity contribution is 7.26. The molecular weight excluding hydrogens is 757 g/mol. The van der Waals surface area contributed by atoms with Crippen molar-refractivity contribution in [2.75, 3.05) is 4.90 Å². The standard InChI is InChI=1S/C58H38N2S/c1-4-16-39(17-5-1)41-30-32-45(33-31-41)59(46-24-14-23-43(36-46)40-18-6-2-7-19-40)47-34-35-51-54(38-47)60(53-28-15-27-50-49-26-12-13-29-55(49)61-58(50)53)57-48-25-11-10-22-44(48)37-52(56(51)57)42-20-8-3-9-21-42/h1-38H. The highest BCUT2D eigenvalue weighted by atomic mass is 32.1. The van der Waals surface area contributed by atoms with E-state index in [0.717, 1.165) is 22.6 Å². The number of hydrogen-bond acceptors (Lipinski definition) is 2. The summed E-state index contributed by atoms with van der Waals surface area (Å²) in [5.41, 5.74) is 14.0. The molecule has 0 fully saturated rings. The van der Waals surface area contributed by atoms with Gasteiger partial charge in [-0.25, -0.2) is 0 Å². The summed E-state index contributed by atoms with van der Waals surface area (Å²) < 4.78 is 5.15. The summed E-state index contributed by atoms with van der Waals surface area (Å²) in [6.07, 6.45) is 0. The summed E-state index contributed by atoms with van der Waals surface area (Å²) in [6.45, 7) is 0. The van der Waals surface area contributed by atoms with Crippen LogP contribution >= 0.6 is 11.3 Å². The molecule has 0 saturated carbocycles. The van der Waals surface area contributed by atoms with Gasteiger partial charge in [-0.15, -0.1) is 11.3 Å². The monoisotopic (exact) mass is 794 g/mol. The van der Waals surface area contributed by atoms with Crippen LogP contribution in [0.2, 0.25) is 0 Å². The van der Waals surface area contributed by atoms with Gasteiger partial charge < -0.3 is 9.47 Å². The number of benzene rings is 10. The van der Waals surface area contributed by atoms with E-state index in [-0.39, 0.29) is 0 Å². The van der Waals surface area contributed by atoms with Crippen LogP contribution in [0.5, 0.6) is 0 Å². The lowest BCUT2D eigenvalue weighted by atomic mass is 9.95. The summed E-state index contributed by atoms with van der Waals surface area (Å²) in [6, 6.07) is 84.2. The van der Waals surface area contributed by atoms with Crippen molar-refractivity contribution in [2.45, 2.75) is 0 Å². The summed E-state index contributed by atoms with van der Waals surface area (Å²) >= 11 is 1.88. The van der Waals surface area contributed by atoms with Crippen molar-refractivity contribution in [3.8, 4) is 39.1 Å². The van der Waals surface area contributed by atoms with Gasteiger partial charge in [-0.1, -0.05) is 176 Å². The molecule has 0 spiro atoms. The van der Waals surface area contributed by atoms with Crippen LogP contribution in [0, 0.1) is 0 Å². The van der Waals surface area contributed by atoms with Gasteiger partial charge in [0.2, 0.25) is 0 Å². The molecule has 2 aromatic heterocycles. The second kappa shape index (κ2) is 14.5. The number of anilines is 3. The Morgan fingerprint density at radius 1 is 0.361 bits per heavy atom. The van der Waals surface area contributed by atoms with Crippen molar-refractivity contribution in [3.05, 3.63) is 231 Å². The Balaban J connectivity index is 1.17. The molecule has 286 valence electrons. The van der Waals surface area contributed by atoms with E-state index in [1.165, 1.54) is 86.3 Å². The second-order valence-corrected chi connectivity index (χ2v) is 16.7. The third-order valence-electron chi connectivity index (χ3n) is 12.1. The van der Waals surface area contributed by atoms with Gasteiger partial charge in [-0.2, -0.15) is 0 Å². The Bertz CT molecular complexity index is 3570. The van der Waals surface area contributed by atoms with Gasteiger partial charge in [0.05, 0.1) is 21.4 Å². The molecule has 3 heteroatoms. The fourth-order valence-electron chi connectivity index (χ4n) is 9.35. The van der Waals surface area contributed by atoms with Crippen LogP contribution in [0.15, 0.2) is 231 Å². The smallest absolute Gasteiger partial charge is 0.0641 e. The molecule has 0 unspecified atom stereocenters. The summed E-state index contributed by atoms with van der Waals surface area (Å²) in [5.74, 6) is 0. The van der Waals surface area contributed by atoms with Gasteiger partial charge in [0.1, 0.15) is 0 Å². The zero-order chi connectivity index (χ0) is 40.3. The highest BCUT2D eigenvalue weighted by Gasteiger charge is 2.23. The first-order chi connectivity index (χ1) is 30.3. The zero-order valence-corrected chi connectivity index (χ0v) is 34.1. The Labute approximate surface area is 358 Å². The molecule has 0 aliphatic heterocycles. The molecule has 0 radical (unpaired) electrons. The Morgan fingerprint density at radius 2 is 0.934 bits per heavy atom. The first-order valence-electron chi connectivity index (χ1n) is 20.8. The molecule has 0 N–H and O–H groups in total. The average Bonchev–Trinajstić information content (AvgIpc) is 3.89.